The van der Waals surface area contributed by atoms with Crippen molar-refractivity contribution in [2.45, 2.75) is 30.6 Å². The van der Waals surface area contributed by atoms with Gasteiger partial charge >= 0.3 is 6.03 Å². The molecule has 0 radical (unpaired) electrons. The van der Waals surface area contributed by atoms with E-state index in [0.29, 0.717) is 17.8 Å². The van der Waals surface area contributed by atoms with Crippen molar-refractivity contribution < 1.29 is 14.3 Å². The predicted octanol–water partition coefficient (Wildman–Crippen LogP) is 2.15. The first-order valence-corrected chi connectivity index (χ1v) is 8.76. The van der Waals surface area contributed by atoms with Gasteiger partial charge in [0.2, 0.25) is 0 Å². The third kappa shape index (κ3) is 2.22. The Morgan fingerprint density at radius 3 is 2.71 bits per heavy atom. The Balaban J connectivity index is 1.19. The van der Waals surface area contributed by atoms with E-state index in [1.165, 1.54) is 5.56 Å². The van der Waals surface area contributed by atoms with E-state index in [2.05, 4.69) is 29.6 Å². The van der Waals surface area contributed by atoms with Crippen molar-refractivity contribution in [3.63, 3.8) is 0 Å². The van der Waals surface area contributed by atoms with Gasteiger partial charge in [-0.25, -0.2) is 4.79 Å². The maximum atomic E-state index is 12.6. The first kappa shape index (κ1) is 14.3. The van der Waals surface area contributed by atoms with Gasteiger partial charge in [-0.3, -0.25) is 0 Å². The molecule has 1 aromatic carbocycles. The van der Waals surface area contributed by atoms with E-state index in [1.54, 1.807) is 7.11 Å². The van der Waals surface area contributed by atoms with E-state index >= 15 is 0 Å². The highest BCUT2D eigenvalue weighted by Crippen LogP contribution is 2.44. The topological polar surface area (TPSA) is 50.8 Å². The summed E-state index contributed by atoms with van der Waals surface area (Å²) >= 11 is 0. The number of benzene rings is 1. The largest absolute Gasteiger partial charge is 0.497 e. The third-order valence-electron chi connectivity index (χ3n) is 5.97. The summed E-state index contributed by atoms with van der Waals surface area (Å²) < 4.78 is 11.2. The van der Waals surface area contributed by atoms with E-state index in [0.717, 1.165) is 25.3 Å². The van der Waals surface area contributed by atoms with Crippen LogP contribution in [0.25, 0.3) is 0 Å². The molecule has 1 N–H and O–H groups in total. The van der Waals surface area contributed by atoms with Crippen LogP contribution in [-0.4, -0.2) is 49.4 Å². The van der Waals surface area contributed by atoms with Gasteiger partial charge in [0, 0.05) is 36.9 Å². The molecule has 1 saturated carbocycles. The zero-order valence-electron chi connectivity index (χ0n) is 13.7. The van der Waals surface area contributed by atoms with Crippen molar-refractivity contribution in [1.82, 2.24) is 10.2 Å². The summed E-state index contributed by atoms with van der Waals surface area (Å²) in [6.07, 6.45) is 5.78. The highest BCUT2D eigenvalue weighted by molar-refractivity contribution is 5.75. The lowest BCUT2D eigenvalue weighted by molar-refractivity contribution is 0.0882. The van der Waals surface area contributed by atoms with Crippen LogP contribution in [0.5, 0.6) is 5.75 Å². The zero-order valence-corrected chi connectivity index (χ0v) is 13.7. The normalized spacial score (nSPS) is 38.3. The number of ether oxygens (including phenoxy) is 2. The van der Waals surface area contributed by atoms with Crippen LogP contribution in [0.3, 0.4) is 0 Å². The number of nitrogens with one attached hydrogen (secondary N) is 1. The quantitative estimate of drug-likeness (QED) is 0.866. The fourth-order valence-corrected chi connectivity index (χ4v) is 4.54. The number of nitrogens with zero attached hydrogens (tertiary/aromatic N) is 1. The molecule has 5 nitrogen and oxygen atoms in total. The number of carbonyl (C=O) groups is 1. The second kappa shape index (κ2) is 5.24. The highest BCUT2D eigenvalue weighted by Gasteiger charge is 2.52. The van der Waals surface area contributed by atoms with Crippen molar-refractivity contribution in [3.8, 4) is 5.75 Å². The van der Waals surface area contributed by atoms with E-state index in [-0.39, 0.29) is 24.3 Å². The Bertz CT molecular complexity index is 684. The van der Waals surface area contributed by atoms with Gasteiger partial charge in [-0.1, -0.05) is 24.3 Å². The molecule has 2 saturated heterocycles. The van der Waals surface area contributed by atoms with E-state index in [9.17, 15) is 4.79 Å². The minimum atomic E-state index is 0.0826. The van der Waals surface area contributed by atoms with Crippen LogP contribution in [0.2, 0.25) is 0 Å². The summed E-state index contributed by atoms with van der Waals surface area (Å²) in [6.45, 7) is 1.64. The minimum Gasteiger partial charge on any atom is -0.497 e. The Labute approximate surface area is 141 Å². The molecule has 4 unspecified atom stereocenters. The van der Waals surface area contributed by atoms with Gasteiger partial charge in [0.15, 0.2) is 0 Å². The first-order chi connectivity index (χ1) is 11.7. The van der Waals surface area contributed by atoms with E-state index < -0.39 is 0 Å². The van der Waals surface area contributed by atoms with Crippen molar-refractivity contribution in [2.75, 3.05) is 20.2 Å². The SMILES string of the molecule is COc1cccc([C@@H]2C[C@H]2NC(=O)N2CC3C4C=CC(O4)C3C2)c1. The summed E-state index contributed by atoms with van der Waals surface area (Å²) in [7, 11) is 1.68. The van der Waals surface area contributed by atoms with Crippen LogP contribution in [0.15, 0.2) is 36.4 Å². The fourth-order valence-electron chi connectivity index (χ4n) is 4.54. The van der Waals surface area contributed by atoms with Gasteiger partial charge in [0.1, 0.15) is 5.75 Å². The molecule has 126 valence electrons. The number of hydrogen-bond acceptors (Lipinski definition) is 3. The summed E-state index contributed by atoms with van der Waals surface area (Å²) in [4.78, 5) is 14.6. The molecule has 6 atom stereocenters. The van der Waals surface area contributed by atoms with Crippen LogP contribution in [0.1, 0.15) is 17.9 Å². The smallest absolute Gasteiger partial charge is 0.317 e. The van der Waals surface area contributed by atoms with Crippen LogP contribution in [0, 0.1) is 11.8 Å². The number of carbonyl (C=O) groups excluding carboxylic acids is 1. The van der Waals surface area contributed by atoms with Crippen molar-refractivity contribution >= 4 is 6.03 Å². The maximum absolute atomic E-state index is 12.6. The Hall–Kier alpha value is -2.01. The van der Waals surface area contributed by atoms with Crippen molar-refractivity contribution in [1.29, 1.82) is 0 Å². The molecule has 2 bridgehead atoms. The minimum absolute atomic E-state index is 0.0826. The number of likely N-dealkylation sites (tertiary alicyclic amines) is 1. The van der Waals surface area contributed by atoms with Gasteiger partial charge in [-0.05, 0) is 24.1 Å². The zero-order chi connectivity index (χ0) is 16.3. The molecule has 5 rings (SSSR count). The van der Waals surface area contributed by atoms with Gasteiger partial charge in [-0.15, -0.1) is 0 Å². The molecule has 0 aromatic heterocycles. The molecule has 5 heteroatoms. The molecule has 0 spiro atoms. The van der Waals surface area contributed by atoms with Crippen LogP contribution < -0.4 is 10.1 Å². The molecule has 4 aliphatic rings. The summed E-state index contributed by atoms with van der Waals surface area (Å²) in [5.74, 6) is 2.26. The number of urea groups is 1. The number of amides is 2. The highest BCUT2D eigenvalue weighted by atomic mass is 16.5. The average Bonchev–Trinajstić information content (AvgIpc) is 2.97. The lowest BCUT2D eigenvalue weighted by atomic mass is 9.86. The maximum Gasteiger partial charge on any atom is 0.317 e. The Morgan fingerprint density at radius 2 is 2.00 bits per heavy atom. The Kier molecular flexibility index (Phi) is 3.13. The van der Waals surface area contributed by atoms with Crippen LogP contribution in [-0.2, 0) is 4.74 Å². The predicted molar refractivity (Wildman–Crippen MR) is 89.0 cm³/mol. The van der Waals surface area contributed by atoms with Crippen molar-refractivity contribution in [3.05, 3.63) is 42.0 Å². The first-order valence-electron chi connectivity index (χ1n) is 8.76. The summed E-state index contributed by atoms with van der Waals surface area (Å²) in [5, 5.41) is 3.21. The second-order valence-corrected chi connectivity index (χ2v) is 7.36. The summed E-state index contributed by atoms with van der Waals surface area (Å²) in [6, 6.07) is 8.47. The van der Waals surface area contributed by atoms with Gasteiger partial charge in [-0.2, -0.15) is 0 Å². The molecule has 24 heavy (non-hydrogen) atoms. The molecule has 1 aromatic rings. The monoisotopic (exact) mass is 326 g/mol. The van der Waals surface area contributed by atoms with Crippen LogP contribution >= 0.6 is 0 Å². The molecular formula is C19H22N2O3. The number of methoxy groups -OCH3 is 1. The van der Waals surface area contributed by atoms with E-state index in [1.807, 2.05) is 17.0 Å². The van der Waals surface area contributed by atoms with E-state index in [4.69, 9.17) is 9.47 Å². The van der Waals surface area contributed by atoms with Crippen LogP contribution in [0.4, 0.5) is 4.79 Å². The second-order valence-electron chi connectivity index (χ2n) is 7.36. The fraction of sp³-hybridized carbons (Fsp3) is 0.526. The molecular weight excluding hydrogens is 304 g/mol. The van der Waals surface area contributed by atoms with Gasteiger partial charge in [0.05, 0.1) is 19.3 Å². The number of hydrogen-bond donors (Lipinski definition) is 1. The molecule has 3 aliphatic heterocycles. The van der Waals surface area contributed by atoms with Crippen molar-refractivity contribution in [2.24, 2.45) is 11.8 Å². The number of fused-ring (bicyclic) bond motifs is 5. The molecule has 1 aliphatic carbocycles. The van der Waals surface area contributed by atoms with Gasteiger partial charge < -0.3 is 19.7 Å². The Morgan fingerprint density at radius 1 is 1.25 bits per heavy atom. The third-order valence-corrected chi connectivity index (χ3v) is 5.97. The molecule has 3 fully saturated rings. The number of rotatable bonds is 3. The van der Waals surface area contributed by atoms with Gasteiger partial charge in [0.25, 0.3) is 0 Å². The standard InChI is InChI=1S/C19H22N2O3/c1-23-12-4-2-3-11(7-12)13-8-16(13)20-19(22)21-9-14-15(10-21)18-6-5-17(14)24-18/h2-7,13-18H,8-10H2,1H3,(H,20,22)/t13-,14?,15?,16+,17?,18?/m0/s1. The average molecular weight is 326 g/mol. The molecule has 2 amide bonds. The lowest BCUT2D eigenvalue weighted by Crippen LogP contribution is -2.41. The molecule has 3 heterocycles. The summed E-state index contributed by atoms with van der Waals surface area (Å²) in [5.41, 5.74) is 1.24. The lowest BCUT2D eigenvalue weighted by Gasteiger charge is -2.19.